The van der Waals surface area contributed by atoms with Gasteiger partial charge in [0.05, 0.1) is 6.10 Å². The van der Waals surface area contributed by atoms with Crippen LogP contribution in [0.25, 0.3) is 0 Å². The van der Waals surface area contributed by atoms with Crippen molar-refractivity contribution in [3.05, 3.63) is 23.8 Å². The Kier molecular flexibility index (Phi) is 8.39. The van der Waals surface area contributed by atoms with Crippen molar-refractivity contribution < 1.29 is 19.8 Å². The first-order chi connectivity index (χ1) is 12.1. The summed E-state index contributed by atoms with van der Waals surface area (Å²) >= 11 is 0. The van der Waals surface area contributed by atoms with Gasteiger partial charge in [-0.2, -0.15) is 0 Å². The number of carboxylic acids is 1. The number of carbonyl (C=O) groups excluding carboxylic acids is 1. The number of aliphatic hydroxyl groups is 1. The van der Waals surface area contributed by atoms with Gasteiger partial charge in [0.15, 0.2) is 0 Å². The van der Waals surface area contributed by atoms with Crippen LogP contribution in [-0.2, 0) is 9.59 Å². The SMILES string of the molecule is O=C(O)CCC/C=C\C[C@H]1C(=O)CC=C1CC[C@@H](O)C1CCCCC1. The zero-order valence-corrected chi connectivity index (χ0v) is 15.2. The van der Waals surface area contributed by atoms with Gasteiger partial charge in [-0.3, -0.25) is 9.59 Å². The Bertz CT molecular complexity index is 500. The van der Waals surface area contributed by atoms with Crippen molar-refractivity contribution in [1.29, 1.82) is 0 Å². The van der Waals surface area contributed by atoms with E-state index in [0.717, 1.165) is 32.1 Å². The zero-order valence-electron chi connectivity index (χ0n) is 15.2. The quantitative estimate of drug-likeness (QED) is 0.452. The summed E-state index contributed by atoms with van der Waals surface area (Å²) in [5.74, 6) is -0.0771. The van der Waals surface area contributed by atoms with Crippen LogP contribution in [0, 0.1) is 11.8 Å². The third kappa shape index (κ3) is 6.77. The molecule has 0 heterocycles. The van der Waals surface area contributed by atoms with E-state index in [-0.39, 0.29) is 24.2 Å². The van der Waals surface area contributed by atoms with E-state index in [4.69, 9.17) is 5.11 Å². The molecule has 4 heteroatoms. The van der Waals surface area contributed by atoms with Gasteiger partial charge >= 0.3 is 5.97 Å². The van der Waals surface area contributed by atoms with Crippen LogP contribution in [0.4, 0.5) is 0 Å². The van der Waals surface area contributed by atoms with Gasteiger partial charge in [0, 0.05) is 18.8 Å². The summed E-state index contributed by atoms with van der Waals surface area (Å²) in [6.07, 6.45) is 16.3. The summed E-state index contributed by atoms with van der Waals surface area (Å²) in [6.45, 7) is 0. The molecule has 1 saturated carbocycles. The van der Waals surface area contributed by atoms with Gasteiger partial charge in [-0.15, -0.1) is 0 Å². The molecule has 4 nitrogen and oxygen atoms in total. The number of carboxylic acid groups (broad SMARTS) is 1. The smallest absolute Gasteiger partial charge is 0.303 e. The number of allylic oxidation sites excluding steroid dienone is 4. The minimum atomic E-state index is -0.763. The molecule has 0 bridgehead atoms. The lowest BCUT2D eigenvalue weighted by Crippen LogP contribution is -2.23. The number of ketones is 1. The van der Waals surface area contributed by atoms with Crippen LogP contribution in [-0.4, -0.2) is 28.1 Å². The van der Waals surface area contributed by atoms with E-state index in [9.17, 15) is 14.7 Å². The molecule has 0 aromatic carbocycles. The number of aliphatic hydroxyl groups excluding tert-OH is 1. The fourth-order valence-electron chi connectivity index (χ4n) is 4.07. The van der Waals surface area contributed by atoms with Crippen molar-refractivity contribution in [1.82, 2.24) is 0 Å². The molecule has 0 saturated heterocycles. The Hall–Kier alpha value is -1.42. The van der Waals surface area contributed by atoms with Crippen molar-refractivity contribution in [2.24, 2.45) is 11.8 Å². The van der Waals surface area contributed by atoms with E-state index < -0.39 is 5.97 Å². The molecule has 0 radical (unpaired) electrons. The summed E-state index contributed by atoms with van der Waals surface area (Å²) in [4.78, 5) is 22.6. The molecule has 2 N–H and O–H groups in total. The molecule has 0 amide bonds. The van der Waals surface area contributed by atoms with Crippen LogP contribution in [0.1, 0.15) is 77.0 Å². The highest BCUT2D eigenvalue weighted by atomic mass is 16.4. The van der Waals surface area contributed by atoms with E-state index in [2.05, 4.69) is 6.08 Å². The number of rotatable bonds is 10. The summed E-state index contributed by atoms with van der Waals surface area (Å²) in [7, 11) is 0. The predicted molar refractivity (Wildman–Crippen MR) is 98.3 cm³/mol. The molecule has 140 valence electrons. The topological polar surface area (TPSA) is 74.6 Å². The average Bonchev–Trinajstić information content (AvgIpc) is 2.96. The molecule has 2 aliphatic carbocycles. The summed E-state index contributed by atoms with van der Waals surface area (Å²) in [5.41, 5.74) is 1.19. The van der Waals surface area contributed by atoms with Gasteiger partial charge in [-0.25, -0.2) is 0 Å². The fraction of sp³-hybridized carbons (Fsp3) is 0.714. The minimum Gasteiger partial charge on any atom is -0.481 e. The second-order valence-electron chi connectivity index (χ2n) is 7.50. The van der Waals surface area contributed by atoms with Crippen LogP contribution in [0.5, 0.6) is 0 Å². The Morgan fingerprint density at radius 1 is 1.24 bits per heavy atom. The Morgan fingerprint density at radius 3 is 2.72 bits per heavy atom. The number of aliphatic carboxylic acids is 1. The number of hydrogen-bond acceptors (Lipinski definition) is 3. The summed E-state index contributed by atoms with van der Waals surface area (Å²) in [5, 5.41) is 19.0. The van der Waals surface area contributed by atoms with Crippen molar-refractivity contribution in [3.63, 3.8) is 0 Å². The maximum atomic E-state index is 12.1. The largest absolute Gasteiger partial charge is 0.481 e. The number of Topliss-reactive ketones (excluding diaryl/α,β-unsaturated/α-hetero) is 1. The molecule has 2 aliphatic rings. The monoisotopic (exact) mass is 348 g/mol. The zero-order chi connectivity index (χ0) is 18.1. The van der Waals surface area contributed by atoms with Crippen LogP contribution >= 0.6 is 0 Å². The predicted octanol–water partition coefficient (Wildman–Crippen LogP) is 4.42. The first-order valence-electron chi connectivity index (χ1n) is 9.84. The van der Waals surface area contributed by atoms with E-state index in [1.807, 2.05) is 12.2 Å². The van der Waals surface area contributed by atoms with E-state index in [0.29, 0.717) is 25.2 Å². The number of carbonyl (C=O) groups is 2. The molecule has 1 fully saturated rings. The minimum absolute atomic E-state index is 0.0331. The summed E-state index contributed by atoms with van der Waals surface area (Å²) in [6, 6.07) is 0. The lowest BCUT2D eigenvalue weighted by atomic mass is 9.82. The van der Waals surface area contributed by atoms with Gasteiger partial charge in [0.1, 0.15) is 5.78 Å². The Labute approximate surface area is 151 Å². The van der Waals surface area contributed by atoms with Gasteiger partial charge < -0.3 is 10.2 Å². The van der Waals surface area contributed by atoms with Gasteiger partial charge in [-0.05, 0) is 50.9 Å². The second kappa shape index (κ2) is 10.5. The third-order valence-corrected chi connectivity index (χ3v) is 5.62. The molecule has 2 atom stereocenters. The molecule has 25 heavy (non-hydrogen) atoms. The molecule has 0 unspecified atom stereocenters. The maximum absolute atomic E-state index is 12.1. The van der Waals surface area contributed by atoms with Crippen LogP contribution in [0.2, 0.25) is 0 Å². The highest BCUT2D eigenvalue weighted by molar-refractivity contribution is 5.88. The molecule has 0 aromatic heterocycles. The first-order valence-corrected chi connectivity index (χ1v) is 9.84. The number of unbranched alkanes of at least 4 members (excludes halogenated alkanes) is 1. The highest BCUT2D eigenvalue weighted by Crippen LogP contribution is 2.33. The van der Waals surface area contributed by atoms with Gasteiger partial charge in [0.2, 0.25) is 0 Å². The Balaban J connectivity index is 1.72. The van der Waals surface area contributed by atoms with Gasteiger partial charge in [-0.1, -0.05) is 43.1 Å². The molecular formula is C21H32O4. The highest BCUT2D eigenvalue weighted by Gasteiger charge is 2.28. The average molecular weight is 348 g/mol. The van der Waals surface area contributed by atoms with Crippen molar-refractivity contribution in [2.45, 2.75) is 83.2 Å². The standard InChI is InChI=1S/C21H32O4/c22-19(17-8-4-3-5-9-17)14-12-16-13-15-20(23)18(16)10-6-1-2-7-11-21(24)25/h1,6,13,17-19,22H,2-5,7-12,14-15H2,(H,24,25)/b6-1-/t18-,19-/m1/s1. The van der Waals surface area contributed by atoms with Crippen LogP contribution < -0.4 is 0 Å². The fourth-order valence-corrected chi connectivity index (χ4v) is 4.07. The second-order valence-corrected chi connectivity index (χ2v) is 7.50. The molecule has 2 rings (SSSR count). The van der Waals surface area contributed by atoms with Crippen molar-refractivity contribution in [3.8, 4) is 0 Å². The normalized spacial score (nSPS) is 23.2. The van der Waals surface area contributed by atoms with E-state index in [1.54, 1.807) is 0 Å². The maximum Gasteiger partial charge on any atom is 0.303 e. The van der Waals surface area contributed by atoms with Crippen molar-refractivity contribution in [2.75, 3.05) is 0 Å². The van der Waals surface area contributed by atoms with Gasteiger partial charge in [0.25, 0.3) is 0 Å². The molecular weight excluding hydrogens is 316 g/mol. The molecule has 0 spiro atoms. The summed E-state index contributed by atoms with van der Waals surface area (Å²) < 4.78 is 0. The first kappa shape index (κ1) is 19.9. The van der Waals surface area contributed by atoms with E-state index >= 15 is 0 Å². The third-order valence-electron chi connectivity index (χ3n) is 5.62. The lowest BCUT2D eigenvalue weighted by molar-refractivity contribution is -0.137. The molecule has 0 aromatic rings. The molecule has 0 aliphatic heterocycles. The lowest BCUT2D eigenvalue weighted by Gasteiger charge is -2.27. The van der Waals surface area contributed by atoms with E-state index in [1.165, 1.54) is 24.8 Å². The van der Waals surface area contributed by atoms with Crippen LogP contribution in [0.15, 0.2) is 23.8 Å². The Morgan fingerprint density at radius 2 is 2.00 bits per heavy atom. The number of hydrogen-bond donors (Lipinski definition) is 2. The van der Waals surface area contributed by atoms with Crippen molar-refractivity contribution >= 4 is 11.8 Å². The van der Waals surface area contributed by atoms with Crippen LogP contribution in [0.3, 0.4) is 0 Å².